The molecule has 0 fully saturated rings. The van der Waals surface area contributed by atoms with Gasteiger partial charge in [0.15, 0.2) is 11.0 Å². The van der Waals surface area contributed by atoms with E-state index in [9.17, 15) is 0 Å². The average Bonchev–Trinajstić information content (AvgIpc) is 3.16. The van der Waals surface area contributed by atoms with Crippen molar-refractivity contribution in [3.63, 3.8) is 0 Å². The first-order valence-electron chi connectivity index (χ1n) is 7.82. The van der Waals surface area contributed by atoms with Gasteiger partial charge in [-0.05, 0) is 25.0 Å². The zero-order valence-corrected chi connectivity index (χ0v) is 15.2. The molecular weight excluding hydrogens is 322 g/mol. The van der Waals surface area contributed by atoms with Crippen molar-refractivity contribution in [3.05, 3.63) is 41.6 Å². The summed E-state index contributed by atoms with van der Waals surface area (Å²) in [4.78, 5) is 0. The van der Waals surface area contributed by atoms with Crippen LogP contribution in [-0.4, -0.2) is 31.7 Å². The Labute approximate surface area is 145 Å². The molecule has 1 aromatic carbocycles. The molecule has 0 saturated heterocycles. The maximum absolute atomic E-state index is 5.35. The molecule has 0 aliphatic heterocycles. The molecule has 0 saturated carbocycles. The lowest BCUT2D eigenvalue weighted by Gasteiger charge is -2.08. The van der Waals surface area contributed by atoms with E-state index in [0.29, 0.717) is 5.88 Å². The number of nitrogens with zero attached hydrogens (tertiary/aromatic N) is 5. The summed E-state index contributed by atoms with van der Waals surface area (Å²) in [5, 5.41) is 14.0. The Balaban J connectivity index is 1.88. The van der Waals surface area contributed by atoms with Gasteiger partial charge in [0.25, 0.3) is 0 Å². The molecule has 2 aromatic heterocycles. The highest BCUT2D eigenvalue weighted by molar-refractivity contribution is 7.98. The zero-order valence-electron chi connectivity index (χ0n) is 14.4. The molecule has 3 rings (SSSR count). The van der Waals surface area contributed by atoms with Gasteiger partial charge in [-0.2, -0.15) is 0 Å². The van der Waals surface area contributed by atoms with Crippen LogP contribution in [0.2, 0.25) is 0 Å². The fourth-order valence-electron chi connectivity index (χ4n) is 2.57. The lowest BCUT2D eigenvalue weighted by atomic mass is 10.1. The minimum absolute atomic E-state index is 0.565. The second-order valence-electron chi connectivity index (χ2n) is 5.49. The molecule has 0 N–H and O–H groups in total. The number of hydrogen-bond donors (Lipinski definition) is 0. The molecule has 0 radical (unpaired) electrons. The molecule has 2 heterocycles. The number of benzene rings is 1. The first-order chi connectivity index (χ1) is 11.6. The molecule has 0 spiro atoms. The molecule has 6 nitrogen and oxygen atoms in total. The standard InChI is InChI=1S/C17H21N5OS/c1-5-22-15(14-10-21(3)20-16(14)23-4)18-19-17(22)24-11-13-9-7-6-8-12(13)2/h6-10H,5,11H2,1-4H3. The molecular formula is C17H21N5OS. The molecule has 3 aromatic rings. The Morgan fingerprint density at radius 1 is 1.21 bits per heavy atom. The van der Waals surface area contributed by atoms with E-state index >= 15 is 0 Å². The normalized spacial score (nSPS) is 11.0. The van der Waals surface area contributed by atoms with Crippen molar-refractivity contribution in [2.24, 2.45) is 7.05 Å². The third-order valence-corrected chi connectivity index (χ3v) is 4.90. The zero-order chi connectivity index (χ0) is 17.1. The molecule has 24 heavy (non-hydrogen) atoms. The largest absolute Gasteiger partial charge is 0.479 e. The van der Waals surface area contributed by atoms with Crippen molar-refractivity contribution in [1.82, 2.24) is 24.5 Å². The number of rotatable bonds is 6. The van der Waals surface area contributed by atoms with Crippen LogP contribution in [0.25, 0.3) is 11.4 Å². The maximum Gasteiger partial charge on any atom is 0.243 e. The molecule has 0 aliphatic carbocycles. The van der Waals surface area contributed by atoms with E-state index in [1.54, 1.807) is 23.6 Å². The van der Waals surface area contributed by atoms with Gasteiger partial charge in [-0.1, -0.05) is 36.0 Å². The number of aryl methyl sites for hydroxylation is 2. The highest BCUT2D eigenvalue weighted by Gasteiger charge is 2.19. The monoisotopic (exact) mass is 343 g/mol. The van der Waals surface area contributed by atoms with Crippen molar-refractivity contribution in [1.29, 1.82) is 0 Å². The minimum Gasteiger partial charge on any atom is -0.479 e. The first-order valence-corrected chi connectivity index (χ1v) is 8.81. The van der Waals surface area contributed by atoms with E-state index in [4.69, 9.17) is 4.74 Å². The Morgan fingerprint density at radius 3 is 2.71 bits per heavy atom. The Hall–Kier alpha value is -2.28. The SMILES string of the molecule is CCn1c(SCc2ccccc2C)nnc1-c1cn(C)nc1OC. The summed E-state index contributed by atoms with van der Waals surface area (Å²) in [5.41, 5.74) is 3.47. The van der Waals surface area contributed by atoms with Gasteiger partial charge < -0.3 is 9.30 Å². The van der Waals surface area contributed by atoms with Crippen LogP contribution in [-0.2, 0) is 19.3 Å². The minimum atomic E-state index is 0.565. The summed E-state index contributed by atoms with van der Waals surface area (Å²) in [7, 11) is 3.48. The quantitative estimate of drug-likeness (QED) is 0.643. The first kappa shape index (κ1) is 16.6. The maximum atomic E-state index is 5.35. The Bertz CT molecular complexity index is 839. The summed E-state index contributed by atoms with van der Waals surface area (Å²) in [6.07, 6.45) is 1.91. The predicted molar refractivity (Wildman–Crippen MR) is 95.2 cm³/mol. The average molecular weight is 343 g/mol. The third-order valence-electron chi connectivity index (χ3n) is 3.88. The fraction of sp³-hybridized carbons (Fsp3) is 0.353. The topological polar surface area (TPSA) is 57.8 Å². The van der Waals surface area contributed by atoms with E-state index in [2.05, 4.69) is 58.0 Å². The van der Waals surface area contributed by atoms with Gasteiger partial charge in [0.1, 0.15) is 5.56 Å². The van der Waals surface area contributed by atoms with E-state index < -0.39 is 0 Å². The van der Waals surface area contributed by atoms with Crippen molar-refractivity contribution < 1.29 is 4.74 Å². The van der Waals surface area contributed by atoms with Crippen LogP contribution in [0.1, 0.15) is 18.1 Å². The lowest BCUT2D eigenvalue weighted by molar-refractivity contribution is 0.393. The van der Waals surface area contributed by atoms with Gasteiger partial charge in [-0.3, -0.25) is 4.68 Å². The molecule has 0 amide bonds. The molecule has 0 aliphatic rings. The van der Waals surface area contributed by atoms with E-state index in [1.165, 1.54) is 11.1 Å². The van der Waals surface area contributed by atoms with Crippen molar-refractivity contribution in [2.75, 3.05) is 7.11 Å². The number of thioether (sulfide) groups is 1. The summed E-state index contributed by atoms with van der Waals surface area (Å²) in [6.45, 7) is 5.01. The fourth-order valence-corrected chi connectivity index (χ4v) is 3.64. The van der Waals surface area contributed by atoms with Crippen molar-refractivity contribution in [3.8, 4) is 17.3 Å². The van der Waals surface area contributed by atoms with E-state index in [0.717, 1.165) is 28.8 Å². The van der Waals surface area contributed by atoms with Gasteiger partial charge in [-0.25, -0.2) is 0 Å². The third kappa shape index (κ3) is 3.17. The summed E-state index contributed by atoms with van der Waals surface area (Å²) in [6, 6.07) is 8.41. The van der Waals surface area contributed by atoms with E-state index in [-0.39, 0.29) is 0 Å². The molecule has 126 valence electrons. The van der Waals surface area contributed by atoms with Gasteiger partial charge in [0, 0.05) is 25.5 Å². The molecule has 7 heteroatoms. The van der Waals surface area contributed by atoms with E-state index in [1.807, 2.05) is 13.2 Å². The van der Waals surface area contributed by atoms with Crippen LogP contribution in [0.5, 0.6) is 5.88 Å². The number of hydrogen-bond acceptors (Lipinski definition) is 5. The highest BCUT2D eigenvalue weighted by atomic mass is 32.2. The van der Waals surface area contributed by atoms with Crippen LogP contribution in [0.3, 0.4) is 0 Å². The van der Waals surface area contributed by atoms with Crippen LogP contribution < -0.4 is 4.74 Å². The van der Waals surface area contributed by atoms with Crippen LogP contribution in [0.15, 0.2) is 35.6 Å². The summed E-state index contributed by atoms with van der Waals surface area (Å²) >= 11 is 1.70. The number of methoxy groups -OCH3 is 1. The smallest absolute Gasteiger partial charge is 0.243 e. The van der Waals surface area contributed by atoms with Gasteiger partial charge in [0.2, 0.25) is 5.88 Å². The summed E-state index contributed by atoms with van der Waals surface area (Å²) < 4.78 is 9.18. The van der Waals surface area contributed by atoms with Gasteiger partial charge >= 0.3 is 0 Å². The number of aromatic nitrogens is 5. The Kier molecular flexibility index (Phi) is 4.89. The van der Waals surface area contributed by atoms with Crippen molar-refractivity contribution >= 4 is 11.8 Å². The summed E-state index contributed by atoms with van der Waals surface area (Å²) in [5.74, 6) is 2.22. The highest BCUT2D eigenvalue weighted by Crippen LogP contribution is 2.31. The molecule has 0 atom stereocenters. The predicted octanol–water partition coefficient (Wildman–Crippen LogP) is 3.31. The van der Waals surface area contributed by atoms with Gasteiger partial charge in [-0.15, -0.1) is 15.3 Å². The van der Waals surface area contributed by atoms with Crippen LogP contribution in [0.4, 0.5) is 0 Å². The van der Waals surface area contributed by atoms with Crippen LogP contribution in [0, 0.1) is 6.92 Å². The Morgan fingerprint density at radius 2 is 2.00 bits per heavy atom. The molecule has 0 bridgehead atoms. The second-order valence-corrected chi connectivity index (χ2v) is 6.43. The van der Waals surface area contributed by atoms with Crippen LogP contribution >= 0.6 is 11.8 Å². The van der Waals surface area contributed by atoms with Gasteiger partial charge in [0.05, 0.1) is 7.11 Å². The number of ether oxygens (including phenoxy) is 1. The molecule has 0 unspecified atom stereocenters. The van der Waals surface area contributed by atoms with Crippen molar-refractivity contribution in [2.45, 2.75) is 31.3 Å². The lowest BCUT2D eigenvalue weighted by Crippen LogP contribution is -2.00. The second kappa shape index (κ2) is 7.09.